The number of hydrogen-bond acceptors (Lipinski definition) is 4. The molecule has 3 nitrogen and oxygen atoms in total. The van der Waals surface area contributed by atoms with Crippen LogP contribution >= 0.6 is 11.8 Å². The van der Waals surface area contributed by atoms with Gasteiger partial charge >= 0.3 is 0 Å². The minimum absolute atomic E-state index is 0.160. The average molecular weight is 272 g/mol. The second-order valence-electron chi connectivity index (χ2n) is 6.27. The monoisotopic (exact) mass is 272 g/mol. The minimum Gasteiger partial charge on any atom is -0.376 e. The molecule has 106 valence electrons. The van der Waals surface area contributed by atoms with E-state index in [1.54, 1.807) is 0 Å². The van der Waals surface area contributed by atoms with Crippen molar-refractivity contribution in [2.45, 2.75) is 45.3 Å². The quantitative estimate of drug-likeness (QED) is 0.852. The molecule has 2 aliphatic rings. The molecule has 0 amide bonds. The maximum absolute atomic E-state index is 6.24. The van der Waals surface area contributed by atoms with E-state index in [0.717, 1.165) is 32.7 Å². The van der Waals surface area contributed by atoms with E-state index in [4.69, 9.17) is 10.5 Å². The van der Waals surface area contributed by atoms with E-state index in [1.165, 1.54) is 17.9 Å². The molecule has 18 heavy (non-hydrogen) atoms. The molecule has 2 unspecified atom stereocenters. The van der Waals surface area contributed by atoms with Crippen molar-refractivity contribution in [1.82, 2.24) is 4.90 Å². The Morgan fingerprint density at radius 2 is 2.22 bits per heavy atom. The van der Waals surface area contributed by atoms with Crippen molar-refractivity contribution in [3.63, 3.8) is 0 Å². The third-order valence-corrected chi connectivity index (χ3v) is 6.18. The van der Waals surface area contributed by atoms with Gasteiger partial charge in [-0.05, 0) is 24.0 Å². The van der Waals surface area contributed by atoms with Gasteiger partial charge in [-0.15, -0.1) is 0 Å². The second-order valence-corrected chi connectivity index (χ2v) is 7.37. The minimum atomic E-state index is 0.160. The molecule has 0 aliphatic carbocycles. The number of morpholine rings is 1. The summed E-state index contributed by atoms with van der Waals surface area (Å²) >= 11 is 2.07. The van der Waals surface area contributed by atoms with Gasteiger partial charge in [0, 0.05) is 30.9 Å². The van der Waals surface area contributed by atoms with E-state index < -0.39 is 0 Å². The predicted octanol–water partition coefficient (Wildman–Crippen LogP) is 1.96. The van der Waals surface area contributed by atoms with Gasteiger partial charge in [0.05, 0.1) is 12.7 Å². The largest absolute Gasteiger partial charge is 0.376 e. The lowest BCUT2D eigenvalue weighted by Gasteiger charge is -2.57. The van der Waals surface area contributed by atoms with Gasteiger partial charge in [-0.25, -0.2) is 0 Å². The fraction of sp³-hybridized carbons (Fsp3) is 1.00. The normalized spacial score (nSPS) is 37.7. The number of ether oxygens (including phenoxy) is 1. The fourth-order valence-electron chi connectivity index (χ4n) is 3.34. The zero-order valence-electron chi connectivity index (χ0n) is 12.1. The highest BCUT2D eigenvalue weighted by molar-refractivity contribution is 7.99. The molecule has 2 saturated heterocycles. The highest BCUT2D eigenvalue weighted by Gasteiger charge is 2.50. The van der Waals surface area contributed by atoms with Gasteiger partial charge in [-0.3, -0.25) is 4.90 Å². The third kappa shape index (κ3) is 2.45. The molecule has 0 aromatic heterocycles. The van der Waals surface area contributed by atoms with Gasteiger partial charge in [-0.1, -0.05) is 20.8 Å². The van der Waals surface area contributed by atoms with Crippen LogP contribution in [0.2, 0.25) is 0 Å². The lowest BCUT2D eigenvalue weighted by molar-refractivity contribution is -0.0962. The van der Waals surface area contributed by atoms with Crippen molar-refractivity contribution in [2.24, 2.45) is 11.1 Å². The van der Waals surface area contributed by atoms with Crippen molar-refractivity contribution in [3.05, 3.63) is 0 Å². The maximum atomic E-state index is 6.24. The summed E-state index contributed by atoms with van der Waals surface area (Å²) in [6.07, 6.45) is 2.76. The average Bonchev–Trinajstić information content (AvgIpc) is 2.39. The van der Waals surface area contributed by atoms with Gasteiger partial charge < -0.3 is 10.5 Å². The number of thioether (sulfide) groups is 1. The first-order valence-corrected chi connectivity index (χ1v) is 8.36. The van der Waals surface area contributed by atoms with Crippen LogP contribution in [0.25, 0.3) is 0 Å². The molecule has 0 aromatic rings. The summed E-state index contributed by atoms with van der Waals surface area (Å²) in [5.74, 6) is 2.45. The summed E-state index contributed by atoms with van der Waals surface area (Å²) in [6, 6.07) is 0. The first-order valence-electron chi connectivity index (χ1n) is 7.20. The maximum Gasteiger partial charge on any atom is 0.0700 e. The molecule has 0 spiro atoms. The van der Waals surface area contributed by atoms with Crippen LogP contribution in [0, 0.1) is 5.41 Å². The molecule has 0 radical (unpaired) electrons. The lowest BCUT2D eigenvalue weighted by atomic mass is 9.69. The van der Waals surface area contributed by atoms with Crippen LogP contribution in [0.4, 0.5) is 0 Å². The lowest BCUT2D eigenvalue weighted by Crippen LogP contribution is -2.68. The molecule has 2 aliphatic heterocycles. The third-order valence-electron chi connectivity index (χ3n) is 5.01. The van der Waals surface area contributed by atoms with Crippen LogP contribution in [0.1, 0.15) is 33.6 Å². The molecule has 0 saturated carbocycles. The Hall–Kier alpha value is 0.230. The SMILES string of the molecule is CCC1CN(C2(CN)CSCCC2(C)C)CCO1. The van der Waals surface area contributed by atoms with E-state index in [0.29, 0.717) is 11.5 Å². The van der Waals surface area contributed by atoms with Crippen LogP contribution in [0.5, 0.6) is 0 Å². The number of nitrogens with two attached hydrogens (primary N) is 1. The Balaban J connectivity index is 2.19. The summed E-state index contributed by atoms with van der Waals surface area (Å²) in [5, 5.41) is 0. The Labute approximate surface area is 116 Å². The van der Waals surface area contributed by atoms with Crippen molar-refractivity contribution in [1.29, 1.82) is 0 Å². The van der Waals surface area contributed by atoms with E-state index >= 15 is 0 Å². The zero-order chi connectivity index (χ0) is 13.2. The van der Waals surface area contributed by atoms with Crippen LogP contribution in [-0.2, 0) is 4.74 Å². The Morgan fingerprint density at radius 1 is 1.44 bits per heavy atom. The standard InChI is InChI=1S/C14H28N2OS/c1-4-12-9-16(6-7-17-12)14(10-15)11-18-8-5-13(14,2)3/h12H,4-11,15H2,1-3H3. The van der Waals surface area contributed by atoms with Gasteiger partial charge in [0.2, 0.25) is 0 Å². The van der Waals surface area contributed by atoms with Crippen molar-refractivity contribution in [3.8, 4) is 0 Å². The molecule has 2 heterocycles. The summed E-state index contributed by atoms with van der Waals surface area (Å²) in [7, 11) is 0. The summed E-state index contributed by atoms with van der Waals surface area (Å²) in [4.78, 5) is 2.64. The molecular formula is C14H28N2OS. The number of rotatable bonds is 3. The molecule has 2 atom stereocenters. The van der Waals surface area contributed by atoms with Crippen molar-refractivity contribution >= 4 is 11.8 Å². The van der Waals surface area contributed by atoms with Gasteiger partial charge in [0.1, 0.15) is 0 Å². The zero-order valence-corrected chi connectivity index (χ0v) is 12.9. The summed E-state index contributed by atoms with van der Waals surface area (Å²) < 4.78 is 5.82. The molecule has 2 N–H and O–H groups in total. The Bertz CT molecular complexity index is 285. The van der Waals surface area contributed by atoms with Crippen LogP contribution in [-0.4, -0.2) is 54.3 Å². The van der Waals surface area contributed by atoms with Crippen LogP contribution < -0.4 is 5.73 Å². The molecule has 2 rings (SSSR count). The Morgan fingerprint density at radius 3 is 2.83 bits per heavy atom. The first kappa shape index (κ1) is 14.6. The highest BCUT2D eigenvalue weighted by Crippen LogP contribution is 2.46. The smallest absolute Gasteiger partial charge is 0.0700 e. The molecule has 2 fully saturated rings. The molecule has 4 heteroatoms. The van der Waals surface area contributed by atoms with Crippen molar-refractivity contribution in [2.75, 3.05) is 37.7 Å². The van der Waals surface area contributed by atoms with Gasteiger partial charge in [0.15, 0.2) is 0 Å². The topological polar surface area (TPSA) is 38.5 Å². The van der Waals surface area contributed by atoms with Gasteiger partial charge in [-0.2, -0.15) is 11.8 Å². The second kappa shape index (κ2) is 5.70. The van der Waals surface area contributed by atoms with E-state index in [1.807, 2.05) is 0 Å². The first-order chi connectivity index (χ1) is 8.55. The molecule has 0 aromatic carbocycles. The fourth-order valence-corrected chi connectivity index (χ4v) is 5.16. The van der Waals surface area contributed by atoms with Crippen LogP contribution in [0.15, 0.2) is 0 Å². The van der Waals surface area contributed by atoms with E-state index in [2.05, 4.69) is 37.4 Å². The predicted molar refractivity (Wildman–Crippen MR) is 79.1 cm³/mol. The number of nitrogens with zero attached hydrogens (tertiary/aromatic N) is 1. The summed E-state index contributed by atoms with van der Waals surface area (Å²) in [5.41, 5.74) is 6.70. The van der Waals surface area contributed by atoms with E-state index in [9.17, 15) is 0 Å². The number of hydrogen-bond donors (Lipinski definition) is 1. The van der Waals surface area contributed by atoms with E-state index in [-0.39, 0.29) is 5.54 Å². The molecule has 0 bridgehead atoms. The van der Waals surface area contributed by atoms with Gasteiger partial charge in [0.25, 0.3) is 0 Å². The van der Waals surface area contributed by atoms with Crippen molar-refractivity contribution < 1.29 is 4.74 Å². The molecular weight excluding hydrogens is 244 g/mol. The summed E-state index contributed by atoms with van der Waals surface area (Å²) in [6.45, 7) is 10.7. The Kier molecular flexibility index (Phi) is 4.63. The highest BCUT2D eigenvalue weighted by atomic mass is 32.2. The van der Waals surface area contributed by atoms with Crippen LogP contribution in [0.3, 0.4) is 0 Å².